The molecule has 21 heavy (non-hydrogen) atoms. The molecule has 1 atom stereocenters. The van der Waals surface area contributed by atoms with Crippen molar-refractivity contribution in [1.82, 2.24) is 15.1 Å². The molecular formula is C15H15F2N3O. The molecule has 1 fully saturated rings. The van der Waals surface area contributed by atoms with Crippen LogP contribution in [0.1, 0.15) is 35.3 Å². The molecule has 110 valence electrons. The van der Waals surface area contributed by atoms with Gasteiger partial charge in [-0.3, -0.25) is 9.48 Å². The van der Waals surface area contributed by atoms with Gasteiger partial charge in [0.1, 0.15) is 5.69 Å². The highest BCUT2D eigenvalue weighted by molar-refractivity contribution is 5.95. The van der Waals surface area contributed by atoms with Crippen LogP contribution in [0.15, 0.2) is 41.6 Å². The second-order valence-electron chi connectivity index (χ2n) is 5.16. The third-order valence-corrected chi connectivity index (χ3v) is 3.53. The number of rotatable bonds is 3. The highest BCUT2D eigenvalue weighted by Crippen LogP contribution is 2.35. The maximum atomic E-state index is 12.9. The molecule has 2 aliphatic carbocycles. The van der Waals surface area contributed by atoms with Crippen LogP contribution in [0.5, 0.6) is 0 Å². The summed E-state index contributed by atoms with van der Waals surface area (Å²) in [6.45, 7) is 0. The Kier molecular flexibility index (Phi) is 3.45. The molecule has 1 aromatic heterocycles. The van der Waals surface area contributed by atoms with Gasteiger partial charge < -0.3 is 5.32 Å². The minimum Gasteiger partial charge on any atom is -0.342 e. The fourth-order valence-corrected chi connectivity index (χ4v) is 2.42. The van der Waals surface area contributed by atoms with Crippen molar-refractivity contribution in [2.45, 2.75) is 25.3 Å². The second-order valence-corrected chi connectivity index (χ2v) is 5.16. The van der Waals surface area contributed by atoms with E-state index in [0.717, 1.165) is 18.4 Å². The minimum atomic E-state index is -2.77. The zero-order valence-electron chi connectivity index (χ0n) is 11.5. The fraction of sp³-hybridized carbons (Fsp3) is 0.333. The number of aryl methyl sites for hydroxylation is 1. The van der Waals surface area contributed by atoms with E-state index in [2.05, 4.69) is 10.4 Å². The zero-order valence-corrected chi connectivity index (χ0v) is 11.5. The van der Waals surface area contributed by atoms with E-state index < -0.39 is 18.0 Å². The summed E-state index contributed by atoms with van der Waals surface area (Å²) < 4.78 is 27.0. The lowest BCUT2D eigenvalue weighted by Crippen LogP contribution is -2.35. The van der Waals surface area contributed by atoms with Crippen molar-refractivity contribution in [2.75, 3.05) is 0 Å². The number of carbonyl (C=O) groups excluding carboxylic acids is 1. The summed E-state index contributed by atoms with van der Waals surface area (Å²) in [6, 6.07) is -0.259. The summed E-state index contributed by atoms with van der Waals surface area (Å²) in [5, 5.41) is 6.45. The molecule has 0 spiro atoms. The van der Waals surface area contributed by atoms with Gasteiger partial charge >= 0.3 is 0 Å². The molecule has 1 saturated carbocycles. The van der Waals surface area contributed by atoms with Gasteiger partial charge in [-0.05, 0) is 18.4 Å². The second kappa shape index (κ2) is 5.27. The first kappa shape index (κ1) is 13.7. The minimum absolute atomic E-state index is 0.0735. The molecule has 0 radical (unpaired) electrons. The van der Waals surface area contributed by atoms with E-state index in [1.807, 2.05) is 24.3 Å². The highest BCUT2D eigenvalue weighted by Gasteiger charge is 2.27. The molecule has 4 nitrogen and oxygen atoms in total. The van der Waals surface area contributed by atoms with Crippen LogP contribution in [0.2, 0.25) is 0 Å². The molecule has 1 heterocycles. The Bertz CT molecular complexity index is 664. The monoisotopic (exact) mass is 291 g/mol. The lowest BCUT2D eigenvalue weighted by atomic mass is 10.0. The molecule has 6 heteroatoms. The number of nitrogens with zero attached hydrogens (tertiary/aromatic N) is 2. The van der Waals surface area contributed by atoms with Crippen molar-refractivity contribution in [2.24, 2.45) is 7.05 Å². The molecule has 1 unspecified atom stereocenters. The fourth-order valence-electron chi connectivity index (χ4n) is 2.42. The van der Waals surface area contributed by atoms with E-state index >= 15 is 0 Å². The van der Waals surface area contributed by atoms with Crippen molar-refractivity contribution < 1.29 is 13.6 Å². The standard InChI is InChI=1S/C15H15F2N3O/c1-20-8-11(13(19-20)14(16)17)15(21)18-12-5-3-2-4-10(12)9-6-7-9/h2-5,8,12,14H,6-7H2,1H3,(H,18,21). The Labute approximate surface area is 120 Å². The van der Waals surface area contributed by atoms with E-state index in [-0.39, 0.29) is 11.6 Å². The first-order chi connectivity index (χ1) is 10.1. The molecule has 1 amide bonds. The van der Waals surface area contributed by atoms with Crippen LogP contribution in [-0.2, 0) is 7.05 Å². The number of hydrogen-bond acceptors (Lipinski definition) is 2. The molecule has 2 aliphatic rings. The first-order valence-electron chi connectivity index (χ1n) is 6.75. The number of amides is 1. The van der Waals surface area contributed by atoms with Crippen LogP contribution in [0.3, 0.4) is 0 Å². The lowest BCUT2D eigenvalue weighted by Gasteiger charge is -2.18. The van der Waals surface area contributed by atoms with Gasteiger partial charge in [-0.25, -0.2) is 8.78 Å². The van der Waals surface area contributed by atoms with Crippen LogP contribution in [0.4, 0.5) is 8.78 Å². The molecule has 1 N–H and O–H groups in total. The smallest absolute Gasteiger partial charge is 0.282 e. The molecule has 1 aromatic rings. The Morgan fingerprint density at radius 3 is 2.86 bits per heavy atom. The van der Waals surface area contributed by atoms with Gasteiger partial charge in [0.05, 0.1) is 11.6 Å². The van der Waals surface area contributed by atoms with Crippen LogP contribution < -0.4 is 5.32 Å². The maximum Gasteiger partial charge on any atom is 0.282 e. The average Bonchev–Trinajstić information content (AvgIpc) is 3.21. The summed E-state index contributed by atoms with van der Waals surface area (Å²) in [7, 11) is 1.52. The number of carbonyl (C=O) groups is 1. The number of aromatic nitrogens is 2. The van der Waals surface area contributed by atoms with Crippen molar-refractivity contribution in [3.05, 3.63) is 52.9 Å². The van der Waals surface area contributed by atoms with E-state index in [4.69, 9.17) is 0 Å². The van der Waals surface area contributed by atoms with E-state index in [0.29, 0.717) is 0 Å². The third kappa shape index (κ3) is 2.79. The van der Waals surface area contributed by atoms with Gasteiger partial charge in [0.15, 0.2) is 0 Å². The van der Waals surface area contributed by atoms with Crippen LogP contribution >= 0.6 is 0 Å². The quantitative estimate of drug-likeness (QED) is 0.930. The predicted octanol–water partition coefficient (Wildman–Crippen LogP) is 2.67. The predicted molar refractivity (Wildman–Crippen MR) is 74.0 cm³/mol. The summed E-state index contributed by atoms with van der Waals surface area (Å²) >= 11 is 0. The van der Waals surface area contributed by atoms with Crippen LogP contribution in [0, 0.1) is 0 Å². The van der Waals surface area contributed by atoms with Gasteiger partial charge in [0.2, 0.25) is 0 Å². The van der Waals surface area contributed by atoms with E-state index in [1.165, 1.54) is 23.5 Å². The SMILES string of the molecule is Cn1cc(C(=O)NC2C=CC=CC2=C2CC2)c(C(F)F)n1. The number of halogens is 2. The first-order valence-corrected chi connectivity index (χ1v) is 6.75. The zero-order chi connectivity index (χ0) is 15.0. The molecule has 0 aromatic carbocycles. The topological polar surface area (TPSA) is 46.9 Å². The number of alkyl halides is 2. The summed E-state index contributed by atoms with van der Waals surface area (Å²) in [4.78, 5) is 12.3. The highest BCUT2D eigenvalue weighted by atomic mass is 19.3. The maximum absolute atomic E-state index is 12.9. The number of nitrogens with one attached hydrogen (secondary N) is 1. The molecule has 0 bridgehead atoms. The van der Waals surface area contributed by atoms with Crippen molar-refractivity contribution in [1.29, 1.82) is 0 Å². The largest absolute Gasteiger partial charge is 0.342 e. The normalized spacial score (nSPS) is 20.3. The van der Waals surface area contributed by atoms with Gasteiger partial charge in [0.25, 0.3) is 12.3 Å². The van der Waals surface area contributed by atoms with E-state index in [9.17, 15) is 13.6 Å². The third-order valence-electron chi connectivity index (χ3n) is 3.53. The Hall–Kier alpha value is -2.24. The van der Waals surface area contributed by atoms with Crippen LogP contribution in [0.25, 0.3) is 0 Å². The Morgan fingerprint density at radius 1 is 1.43 bits per heavy atom. The lowest BCUT2D eigenvalue weighted by molar-refractivity contribution is 0.0934. The van der Waals surface area contributed by atoms with Gasteiger partial charge in [-0.1, -0.05) is 29.9 Å². The summed E-state index contributed by atoms with van der Waals surface area (Å²) in [5.74, 6) is -0.526. The van der Waals surface area contributed by atoms with Crippen molar-refractivity contribution in [3.63, 3.8) is 0 Å². The molecule has 3 rings (SSSR count). The van der Waals surface area contributed by atoms with E-state index in [1.54, 1.807) is 0 Å². The van der Waals surface area contributed by atoms with Gasteiger partial charge in [0, 0.05) is 13.2 Å². The summed E-state index contributed by atoms with van der Waals surface area (Å²) in [6.07, 6.45) is 8.21. The van der Waals surface area contributed by atoms with Gasteiger partial charge in [-0.15, -0.1) is 0 Å². The van der Waals surface area contributed by atoms with Crippen molar-refractivity contribution in [3.8, 4) is 0 Å². The van der Waals surface area contributed by atoms with Crippen molar-refractivity contribution >= 4 is 5.91 Å². The average molecular weight is 291 g/mol. The Morgan fingerprint density at radius 2 is 2.19 bits per heavy atom. The Balaban J connectivity index is 1.82. The van der Waals surface area contributed by atoms with Gasteiger partial charge in [-0.2, -0.15) is 5.10 Å². The molecule has 0 saturated heterocycles. The number of allylic oxidation sites excluding steroid dienone is 3. The molecule has 0 aliphatic heterocycles. The van der Waals surface area contributed by atoms with Crippen LogP contribution in [-0.4, -0.2) is 21.7 Å². The molecular weight excluding hydrogens is 276 g/mol. The summed E-state index contributed by atoms with van der Waals surface area (Å²) in [5.41, 5.74) is 1.82. The number of hydrogen-bond donors (Lipinski definition) is 1.